The molecule has 0 N–H and O–H groups in total. The lowest BCUT2D eigenvalue weighted by molar-refractivity contribution is 0.886. The molecule has 0 atom stereocenters. The van der Waals surface area contributed by atoms with Crippen molar-refractivity contribution in [2.24, 2.45) is 0 Å². The van der Waals surface area contributed by atoms with E-state index in [0.29, 0.717) is 0 Å². The summed E-state index contributed by atoms with van der Waals surface area (Å²) in [5.41, 5.74) is 2.55. The number of fused-ring (bicyclic) bond motifs is 1. The van der Waals surface area contributed by atoms with E-state index in [-0.39, 0.29) is 0 Å². The first-order valence-electron chi connectivity index (χ1n) is 22.3. The van der Waals surface area contributed by atoms with Crippen LogP contribution in [0.5, 0.6) is 0 Å². The first-order valence-corrected chi connectivity index (χ1v) is 22.3. The van der Waals surface area contributed by atoms with E-state index in [0.717, 1.165) is 0 Å². The third-order valence-electron chi connectivity index (χ3n) is 5.21. The summed E-state index contributed by atoms with van der Waals surface area (Å²) in [4.78, 5) is 0. The van der Waals surface area contributed by atoms with Crippen molar-refractivity contribution in [1.29, 1.82) is 0 Å². The second kappa shape index (κ2) is 87.3. The Morgan fingerprint density at radius 1 is 0.204 bits per heavy atom. The Morgan fingerprint density at radius 3 is 0.481 bits per heavy atom. The molecule has 0 fully saturated rings. The zero-order valence-electron chi connectivity index (χ0n) is 40.7. The second-order valence-corrected chi connectivity index (χ2v) is 8.23. The number of benzene rings is 5. The lowest BCUT2D eigenvalue weighted by Crippen LogP contribution is -1.73. The SMILES string of the molecule is CC.CC.CC.CC.CC.CC.CC.CC.CC.CCCC.CCCC.c1ccc(-c2ccccc2)cc1.c1ccc2ccccc2c1.c1ccccc1. The molecule has 5 rings (SSSR count). The van der Waals surface area contributed by atoms with Gasteiger partial charge in [-0.2, -0.15) is 0 Å². The van der Waals surface area contributed by atoms with Crippen molar-refractivity contribution < 1.29 is 0 Å². The van der Waals surface area contributed by atoms with Gasteiger partial charge in [0.2, 0.25) is 0 Å². The molecule has 0 heteroatoms. The predicted molar refractivity (Wildman–Crippen MR) is 266 cm³/mol. The summed E-state index contributed by atoms with van der Waals surface area (Å²) in [6.45, 7) is 44.7. The zero-order chi connectivity index (χ0) is 44.1. The Bertz CT molecular complexity index is 962. The molecule has 0 saturated heterocycles. The average Bonchev–Trinajstić information content (AvgIpc) is 3.34. The van der Waals surface area contributed by atoms with E-state index in [1.165, 1.54) is 47.6 Å². The molecular weight excluding hydrogens is 649 g/mol. The smallest absolute Gasteiger partial charge is 0.0184 e. The molecule has 5 aromatic carbocycles. The van der Waals surface area contributed by atoms with Gasteiger partial charge in [0, 0.05) is 0 Å². The van der Waals surface area contributed by atoms with Gasteiger partial charge >= 0.3 is 0 Å². The first kappa shape index (κ1) is 71.7. The molecule has 0 aliphatic heterocycles. The topological polar surface area (TPSA) is 0 Å². The third-order valence-corrected chi connectivity index (χ3v) is 5.21. The normalized spacial score (nSPS) is 7.00. The van der Waals surface area contributed by atoms with Crippen molar-refractivity contribution >= 4 is 10.8 Å². The largest absolute Gasteiger partial charge is 0.0683 e. The fourth-order valence-corrected chi connectivity index (χ4v) is 2.78. The van der Waals surface area contributed by atoms with E-state index in [2.05, 4.69) is 125 Å². The van der Waals surface area contributed by atoms with Gasteiger partial charge in [0.25, 0.3) is 0 Å². The fourth-order valence-electron chi connectivity index (χ4n) is 2.78. The molecule has 0 saturated carbocycles. The Balaban J connectivity index is -0.0000000628. The summed E-state index contributed by atoms with van der Waals surface area (Å²) >= 11 is 0. The van der Waals surface area contributed by atoms with Crippen LogP contribution in [0, 0.1) is 0 Å². The zero-order valence-corrected chi connectivity index (χ0v) is 40.7. The van der Waals surface area contributed by atoms with Crippen LogP contribution in [0.3, 0.4) is 0 Å². The van der Waals surface area contributed by atoms with Gasteiger partial charge in [-0.25, -0.2) is 0 Å². The molecule has 0 nitrogen and oxygen atoms in total. The van der Waals surface area contributed by atoms with Gasteiger partial charge in [-0.1, -0.05) is 324 Å². The van der Waals surface area contributed by atoms with Crippen LogP contribution in [0.15, 0.2) is 146 Å². The fraction of sp³-hybridized carbons (Fsp3) is 0.481. The number of rotatable bonds is 3. The quantitative estimate of drug-likeness (QED) is 0.172. The van der Waals surface area contributed by atoms with Crippen molar-refractivity contribution in [2.45, 2.75) is 178 Å². The van der Waals surface area contributed by atoms with Gasteiger partial charge in [-0.3, -0.25) is 0 Å². The third kappa shape index (κ3) is 60.5. The van der Waals surface area contributed by atoms with Crippen LogP contribution < -0.4 is 0 Å². The van der Waals surface area contributed by atoms with Crippen LogP contribution >= 0.6 is 0 Å². The molecule has 54 heavy (non-hydrogen) atoms. The number of hydrogen-bond donors (Lipinski definition) is 0. The molecular formula is C54H98. The lowest BCUT2D eigenvalue weighted by Gasteiger charge is -1.98. The first-order chi connectivity index (χ1) is 26.8. The van der Waals surface area contributed by atoms with Gasteiger partial charge in [0.05, 0.1) is 0 Å². The molecule has 0 radical (unpaired) electrons. The summed E-state index contributed by atoms with van der Waals surface area (Å²) in [6.07, 6.45) is 5.28. The van der Waals surface area contributed by atoms with Crippen LogP contribution in [0.4, 0.5) is 0 Å². The summed E-state index contributed by atoms with van der Waals surface area (Å²) < 4.78 is 0. The highest BCUT2D eigenvalue weighted by atomic mass is 14.0. The summed E-state index contributed by atoms with van der Waals surface area (Å²) in [7, 11) is 0. The molecule has 0 spiro atoms. The Kier molecular flexibility index (Phi) is 116. The van der Waals surface area contributed by atoms with E-state index in [4.69, 9.17) is 0 Å². The minimum Gasteiger partial charge on any atom is -0.0683 e. The van der Waals surface area contributed by atoms with Gasteiger partial charge < -0.3 is 0 Å². The van der Waals surface area contributed by atoms with E-state index >= 15 is 0 Å². The minimum atomic E-state index is 1.28. The highest BCUT2D eigenvalue weighted by Gasteiger charge is 1.91. The van der Waals surface area contributed by atoms with Crippen LogP contribution in [0.25, 0.3) is 21.9 Å². The van der Waals surface area contributed by atoms with Crippen LogP contribution in [0.1, 0.15) is 178 Å². The monoisotopic (exact) mass is 747 g/mol. The molecule has 5 aromatic rings. The minimum absolute atomic E-state index is 1.28. The van der Waals surface area contributed by atoms with Gasteiger partial charge in [-0.05, 0) is 21.9 Å². The number of hydrogen-bond acceptors (Lipinski definition) is 0. The second-order valence-electron chi connectivity index (χ2n) is 8.23. The van der Waals surface area contributed by atoms with Crippen molar-refractivity contribution in [3.05, 3.63) is 146 Å². The Morgan fingerprint density at radius 2 is 0.333 bits per heavy atom. The van der Waals surface area contributed by atoms with Crippen LogP contribution in [0.2, 0.25) is 0 Å². The maximum Gasteiger partial charge on any atom is -0.0184 e. The van der Waals surface area contributed by atoms with E-state index in [9.17, 15) is 0 Å². The summed E-state index contributed by atoms with van der Waals surface area (Å²) in [5.74, 6) is 0. The van der Waals surface area contributed by atoms with E-state index in [1.54, 1.807) is 0 Å². The molecule has 0 aliphatic carbocycles. The van der Waals surface area contributed by atoms with Gasteiger partial charge in [0.1, 0.15) is 0 Å². The standard InChI is InChI=1S/C12H10.C10H8.C6H6.2C4H10.9C2H6/c1-3-7-11(8-4-1)12-9-5-2-6-10-12;1-2-6-10-8-4-3-7-9(10)5-1;1-2-4-6-5-3-1;2*1-3-4-2;9*1-2/h1-10H;1-8H;1-6H;2*3-4H2,1-2H3;9*1-2H3. The van der Waals surface area contributed by atoms with Crippen LogP contribution in [-0.4, -0.2) is 0 Å². The summed E-state index contributed by atoms with van der Waals surface area (Å²) in [6, 6.07) is 49.5. The maximum absolute atomic E-state index is 2.18. The number of unbranched alkanes of at least 4 members (excludes halogenated alkanes) is 2. The Hall–Kier alpha value is -3.64. The van der Waals surface area contributed by atoms with Gasteiger partial charge in [0.15, 0.2) is 0 Å². The highest BCUT2D eigenvalue weighted by Crippen LogP contribution is 2.17. The predicted octanol–water partition coefficient (Wildman–Crippen LogP) is 20.7. The molecule has 0 amide bonds. The lowest BCUT2D eigenvalue weighted by atomic mass is 10.1. The molecule has 0 aliphatic rings. The molecule has 0 aromatic heterocycles. The maximum atomic E-state index is 2.18. The highest BCUT2D eigenvalue weighted by molar-refractivity contribution is 5.82. The van der Waals surface area contributed by atoms with Crippen LogP contribution in [-0.2, 0) is 0 Å². The van der Waals surface area contributed by atoms with Gasteiger partial charge in [-0.15, -0.1) is 0 Å². The summed E-state index contributed by atoms with van der Waals surface area (Å²) in [5, 5.41) is 2.62. The molecule has 314 valence electrons. The van der Waals surface area contributed by atoms with Crippen molar-refractivity contribution in [3.63, 3.8) is 0 Å². The van der Waals surface area contributed by atoms with Crippen molar-refractivity contribution in [2.75, 3.05) is 0 Å². The average molecular weight is 747 g/mol. The molecule has 0 unspecified atom stereocenters. The molecule has 0 bridgehead atoms. The van der Waals surface area contributed by atoms with E-state index < -0.39 is 0 Å². The Labute approximate surface area is 344 Å². The van der Waals surface area contributed by atoms with Crippen molar-refractivity contribution in [3.8, 4) is 11.1 Å². The van der Waals surface area contributed by atoms with Crippen molar-refractivity contribution in [1.82, 2.24) is 0 Å². The molecule has 0 heterocycles. The van der Waals surface area contributed by atoms with E-state index in [1.807, 2.05) is 173 Å².